The normalized spacial score (nSPS) is 11.4. The van der Waals surface area contributed by atoms with Gasteiger partial charge in [0, 0.05) is 16.5 Å². The third kappa shape index (κ3) is 4.94. The molecule has 0 aromatic heterocycles. The Balaban J connectivity index is 2.12. The minimum absolute atomic E-state index is 0.103. The van der Waals surface area contributed by atoms with Gasteiger partial charge in [0.15, 0.2) is 0 Å². The lowest BCUT2D eigenvalue weighted by Gasteiger charge is -2.17. The summed E-state index contributed by atoms with van der Waals surface area (Å²) >= 11 is 9.16. The Morgan fingerprint density at radius 3 is 2.48 bits per heavy atom. The number of amides is 1. The van der Waals surface area contributed by atoms with E-state index in [1.54, 1.807) is 24.3 Å². The zero-order valence-corrected chi connectivity index (χ0v) is 16.7. The first kappa shape index (κ1) is 19.7. The molecule has 9 heteroatoms. The molecule has 2 aromatic carbocycles. The van der Waals surface area contributed by atoms with Crippen molar-refractivity contribution in [2.24, 2.45) is 0 Å². The van der Waals surface area contributed by atoms with Crippen LogP contribution in [0, 0.1) is 0 Å². The lowest BCUT2D eigenvalue weighted by Crippen LogP contribution is -2.35. The number of likely N-dealkylation sites (N-methyl/N-ethyl adjacent to an activating group) is 1. The number of benzene rings is 2. The van der Waals surface area contributed by atoms with Gasteiger partial charge >= 0.3 is 0 Å². The molecule has 0 aliphatic heterocycles. The van der Waals surface area contributed by atoms with E-state index in [4.69, 9.17) is 16.3 Å². The summed E-state index contributed by atoms with van der Waals surface area (Å²) in [6.45, 7) is -0.353. The maximum Gasteiger partial charge on any atom is 0.243 e. The molecule has 1 amide bonds. The molecule has 2 rings (SSSR count). The van der Waals surface area contributed by atoms with Crippen LogP contribution in [0.25, 0.3) is 0 Å². The van der Waals surface area contributed by atoms with Crippen molar-refractivity contribution < 1.29 is 17.9 Å². The van der Waals surface area contributed by atoms with E-state index in [1.807, 2.05) is 0 Å². The Morgan fingerprint density at radius 1 is 1.24 bits per heavy atom. The molecule has 0 heterocycles. The fourth-order valence-corrected chi connectivity index (χ4v) is 3.60. The van der Waals surface area contributed by atoms with Crippen molar-refractivity contribution in [3.8, 4) is 5.75 Å². The molecule has 0 spiro atoms. The summed E-state index contributed by atoms with van der Waals surface area (Å²) in [5, 5.41) is 3.03. The van der Waals surface area contributed by atoms with E-state index < -0.39 is 15.9 Å². The van der Waals surface area contributed by atoms with Crippen LogP contribution in [0.2, 0.25) is 5.02 Å². The number of rotatable bonds is 6. The van der Waals surface area contributed by atoms with E-state index in [2.05, 4.69) is 21.2 Å². The zero-order chi connectivity index (χ0) is 18.6. The average molecular weight is 448 g/mol. The Labute approximate surface area is 159 Å². The standard InChI is InChI=1S/C16H16BrClN2O4S/c1-20(25(22,23)13-6-3-11(17)4-7-13)10-16(21)19-14-9-12(18)5-8-15(14)24-2/h3-9H,10H2,1-2H3,(H,19,21). The van der Waals surface area contributed by atoms with Crippen molar-refractivity contribution >= 4 is 49.1 Å². The Kier molecular flexibility index (Phi) is 6.45. The van der Waals surface area contributed by atoms with Crippen LogP contribution in [0.3, 0.4) is 0 Å². The molecule has 0 fully saturated rings. The minimum Gasteiger partial charge on any atom is -0.495 e. The van der Waals surface area contributed by atoms with Crippen molar-refractivity contribution in [1.82, 2.24) is 4.31 Å². The maximum absolute atomic E-state index is 12.5. The van der Waals surface area contributed by atoms with Crippen LogP contribution >= 0.6 is 27.5 Å². The van der Waals surface area contributed by atoms with Gasteiger partial charge in [0.05, 0.1) is 24.2 Å². The van der Waals surface area contributed by atoms with E-state index >= 15 is 0 Å². The molecule has 0 aliphatic carbocycles. The number of ether oxygens (including phenoxy) is 1. The van der Waals surface area contributed by atoms with E-state index in [0.29, 0.717) is 16.5 Å². The van der Waals surface area contributed by atoms with Crippen LogP contribution in [0.4, 0.5) is 5.69 Å². The van der Waals surface area contributed by atoms with Crippen LogP contribution in [-0.2, 0) is 14.8 Å². The highest BCUT2D eigenvalue weighted by molar-refractivity contribution is 9.10. The predicted molar refractivity (Wildman–Crippen MR) is 101 cm³/mol. The topological polar surface area (TPSA) is 75.7 Å². The number of nitrogens with one attached hydrogen (secondary N) is 1. The number of methoxy groups -OCH3 is 1. The molecule has 0 unspecified atom stereocenters. The SMILES string of the molecule is COc1ccc(Cl)cc1NC(=O)CN(C)S(=O)(=O)c1ccc(Br)cc1. The summed E-state index contributed by atoms with van der Waals surface area (Å²) in [6, 6.07) is 10.9. The Morgan fingerprint density at radius 2 is 1.88 bits per heavy atom. The molecule has 1 N–H and O–H groups in total. The van der Waals surface area contributed by atoms with E-state index in [1.165, 1.54) is 32.4 Å². The maximum atomic E-state index is 12.5. The van der Waals surface area contributed by atoms with E-state index in [-0.39, 0.29) is 11.4 Å². The highest BCUT2D eigenvalue weighted by Crippen LogP contribution is 2.27. The van der Waals surface area contributed by atoms with Gasteiger partial charge in [0.2, 0.25) is 15.9 Å². The first-order valence-electron chi connectivity index (χ1n) is 7.09. The molecular weight excluding hydrogens is 432 g/mol. The molecule has 0 bridgehead atoms. The van der Waals surface area contributed by atoms with Crippen LogP contribution in [0.1, 0.15) is 0 Å². The van der Waals surface area contributed by atoms with Crippen LogP contribution in [0.5, 0.6) is 5.75 Å². The van der Waals surface area contributed by atoms with Crippen molar-refractivity contribution in [2.45, 2.75) is 4.90 Å². The van der Waals surface area contributed by atoms with Gasteiger partial charge in [-0.15, -0.1) is 0 Å². The number of halogens is 2. The average Bonchev–Trinajstić information content (AvgIpc) is 2.55. The number of hydrogen-bond acceptors (Lipinski definition) is 4. The van der Waals surface area contributed by atoms with Crippen molar-refractivity contribution in [3.05, 3.63) is 52.0 Å². The molecule has 2 aromatic rings. The summed E-state index contributed by atoms with van der Waals surface area (Å²) in [5.41, 5.74) is 0.370. The second-order valence-electron chi connectivity index (χ2n) is 5.11. The van der Waals surface area contributed by atoms with Gasteiger partial charge in [-0.25, -0.2) is 8.42 Å². The van der Waals surface area contributed by atoms with Gasteiger partial charge in [-0.1, -0.05) is 27.5 Å². The first-order valence-corrected chi connectivity index (χ1v) is 9.70. The third-order valence-corrected chi connectivity index (χ3v) is 5.91. The quantitative estimate of drug-likeness (QED) is 0.737. The van der Waals surface area contributed by atoms with Gasteiger partial charge in [-0.3, -0.25) is 4.79 Å². The van der Waals surface area contributed by atoms with E-state index in [0.717, 1.165) is 8.78 Å². The van der Waals surface area contributed by atoms with Gasteiger partial charge in [-0.2, -0.15) is 4.31 Å². The molecule has 0 saturated carbocycles. The molecule has 0 aliphatic rings. The monoisotopic (exact) mass is 446 g/mol. The predicted octanol–water partition coefficient (Wildman–Crippen LogP) is 3.37. The molecule has 134 valence electrons. The second-order valence-corrected chi connectivity index (χ2v) is 8.50. The summed E-state index contributed by atoms with van der Waals surface area (Å²) < 4.78 is 31.9. The number of carbonyl (C=O) groups is 1. The summed E-state index contributed by atoms with van der Waals surface area (Å²) in [7, 11) is -0.972. The highest BCUT2D eigenvalue weighted by Gasteiger charge is 2.23. The van der Waals surface area contributed by atoms with Gasteiger partial charge in [-0.05, 0) is 42.5 Å². The molecular formula is C16H16BrClN2O4S. The van der Waals surface area contributed by atoms with Crippen LogP contribution in [0.15, 0.2) is 51.8 Å². The smallest absolute Gasteiger partial charge is 0.243 e. The fraction of sp³-hybridized carbons (Fsp3) is 0.188. The largest absolute Gasteiger partial charge is 0.495 e. The fourth-order valence-electron chi connectivity index (χ4n) is 2.04. The summed E-state index contributed by atoms with van der Waals surface area (Å²) in [4.78, 5) is 12.3. The number of sulfonamides is 1. The van der Waals surface area contributed by atoms with Crippen molar-refractivity contribution in [2.75, 3.05) is 26.0 Å². The minimum atomic E-state index is -3.77. The zero-order valence-electron chi connectivity index (χ0n) is 13.5. The molecule has 0 saturated heterocycles. The number of hydrogen-bond donors (Lipinski definition) is 1. The first-order chi connectivity index (χ1) is 11.7. The van der Waals surface area contributed by atoms with Crippen LogP contribution < -0.4 is 10.1 Å². The third-order valence-electron chi connectivity index (χ3n) is 3.32. The number of anilines is 1. The van der Waals surface area contributed by atoms with Gasteiger partial charge in [0.1, 0.15) is 5.75 Å². The lowest BCUT2D eigenvalue weighted by molar-refractivity contribution is -0.116. The number of nitrogens with zero attached hydrogens (tertiary/aromatic N) is 1. The molecule has 25 heavy (non-hydrogen) atoms. The summed E-state index contributed by atoms with van der Waals surface area (Å²) in [5.74, 6) is -0.0834. The molecule has 0 atom stereocenters. The lowest BCUT2D eigenvalue weighted by atomic mass is 10.3. The highest BCUT2D eigenvalue weighted by atomic mass is 79.9. The van der Waals surface area contributed by atoms with Gasteiger partial charge < -0.3 is 10.1 Å². The van der Waals surface area contributed by atoms with E-state index in [9.17, 15) is 13.2 Å². The number of carbonyl (C=O) groups excluding carboxylic acids is 1. The van der Waals surface area contributed by atoms with Gasteiger partial charge in [0.25, 0.3) is 0 Å². The van der Waals surface area contributed by atoms with Crippen molar-refractivity contribution in [3.63, 3.8) is 0 Å². The molecule has 0 radical (unpaired) electrons. The Bertz CT molecular complexity index is 872. The van der Waals surface area contributed by atoms with Crippen LogP contribution in [-0.4, -0.2) is 39.3 Å². The molecule has 6 nitrogen and oxygen atoms in total. The second kappa shape index (κ2) is 8.18. The summed E-state index contributed by atoms with van der Waals surface area (Å²) in [6.07, 6.45) is 0. The Hall–Kier alpha value is -1.61. The van der Waals surface area contributed by atoms with Crippen molar-refractivity contribution in [1.29, 1.82) is 0 Å².